The Hall–Kier alpha value is -4.73. The maximum Gasteiger partial charge on any atom is 0.266 e. The van der Waals surface area contributed by atoms with E-state index in [-0.39, 0.29) is 31.7 Å². The molecule has 1 N–H and O–H groups in total. The SMILES string of the molecule is O=C(NCc1cc2nc(N3CCOc4ccc(N5CCC(F)(F)C5)nc43)ccc2cn1)c1cc(F)c2c(c1)S(=O)(=O)[C@@H](F)CCO2. The zero-order valence-corrected chi connectivity index (χ0v) is 24.9. The maximum absolute atomic E-state index is 14.7. The summed E-state index contributed by atoms with van der Waals surface area (Å²) in [5, 5.41) is 3.28. The van der Waals surface area contributed by atoms with Crippen molar-refractivity contribution < 1.29 is 40.2 Å². The van der Waals surface area contributed by atoms with Crippen LogP contribution >= 0.6 is 0 Å². The van der Waals surface area contributed by atoms with Crippen LogP contribution in [0.4, 0.5) is 35.0 Å². The molecule has 0 radical (unpaired) electrons. The van der Waals surface area contributed by atoms with Crippen molar-refractivity contribution in [3.8, 4) is 11.5 Å². The van der Waals surface area contributed by atoms with Gasteiger partial charge in [-0.15, -0.1) is 0 Å². The minimum Gasteiger partial charge on any atom is -0.489 e. The van der Waals surface area contributed by atoms with Gasteiger partial charge >= 0.3 is 0 Å². The molecule has 0 unspecified atom stereocenters. The Bertz CT molecular complexity index is 1980. The standard InChI is InChI=1S/C30H26F4N6O5S/c31-20-11-18(12-23-27(20)45-9-5-24(32)46(23,42)43)29(41)36-15-19-13-21-17(14-35-19)1-3-26(37-21)40-8-10-44-22-2-4-25(38-28(22)40)39-7-6-30(33,34)16-39/h1-4,11-14,24H,5-10,15-16H2,(H,36,41)/t24-/m1/s1. The summed E-state index contributed by atoms with van der Waals surface area (Å²) >= 11 is 0. The number of hydrogen-bond acceptors (Lipinski definition) is 10. The molecule has 0 aliphatic carbocycles. The van der Waals surface area contributed by atoms with Crippen molar-refractivity contribution >= 4 is 44.1 Å². The summed E-state index contributed by atoms with van der Waals surface area (Å²) in [7, 11) is -4.55. The van der Waals surface area contributed by atoms with Crippen LogP contribution in [0.1, 0.15) is 28.9 Å². The van der Waals surface area contributed by atoms with E-state index in [9.17, 15) is 30.8 Å². The molecular weight excluding hydrogens is 632 g/mol. The first-order valence-corrected chi connectivity index (χ1v) is 16.0. The first kappa shape index (κ1) is 30.0. The van der Waals surface area contributed by atoms with Crippen LogP contribution in [0.3, 0.4) is 0 Å². The summed E-state index contributed by atoms with van der Waals surface area (Å²) < 4.78 is 92.7. The fourth-order valence-electron chi connectivity index (χ4n) is 5.58. The van der Waals surface area contributed by atoms with Crippen molar-refractivity contribution in [2.45, 2.75) is 35.7 Å². The molecule has 16 heteroatoms. The predicted octanol–water partition coefficient (Wildman–Crippen LogP) is 4.32. The molecule has 0 saturated carbocycles. The van der Waals surface area contributed by atoms with E-state index in [0.29, 0.717) is 53.0 Å². The lowest BCUT2D eigenvalue weighted by molar-refractivity contribution is 0.0256. The van der Waals surface area contributed by atoms with E-state index in [2.05, 4.69) is 15.3 Å². The zero-order chi connectivity index (χ0) is 32.2. The molecule has 11 nitrogen and oxygen atoms in total. The molecule has 1 aromatic carbocycles. The number of alkyl halides is 3. The van der Waals surface area contributed by atoms with Crippen molar-refractivity contribution in [2.75, 3.05) is 42.6 Å². The quantitative estimate of drug-likeness (QED) is 0.310. The Kier molecular flexibility index (Phi) is 7.33. The van der Waals surface area contributed by atoms with Gasteiger partial charge in [0.2, 0.25) is 15.3 Å². The Morgan fingerprint density at radius 1 is 1.04 bits per heavy atom. The van der Waals surface area contributed by atoms with Gasteiger partial charge in [0.15, 0.2) is 23.1 Å². The van der Waals surface area contributed by atoms with Crippen molar-refractivity contribution in [1.82, 2.24) is 20.3 Å². The van der Waals surface area contributed by atoms with E-state index in [0.717, 1.165) is 12.1 Å². The zero-order valence-electron chi connectivity index (χ0n) is 24.1. The molecule has 3 aromatic heterocycles. The third-order valence-electron chi connectivity index (χ3n) is 7.97. The first-order valence-electron chi connectivity index (χ1n) is 14.4. The summed E-state index contributed by atoms with van der Waals surface area (Å²) in [4.78, 5) is 29.3. The van der Waals surface area contributed by atoms with Crippen molar-refractivity contribution in [3.05, 3.63) is 65.7 Å². The third kappa shape index (κ3) is 5.50. The van der Waals surface area contributed by atoms with Gasteiger partial charge in [-0.2, -0.15) is 0 Å². The van der Waals surface area contributed by atoms with Gasteiger partial charge in [-0.1, -0.05) is 0 Å². The highest BCUT2D eigenvalue weighted by atomic mass is 32.2. The summed E-state index contributed by atoms with van der Waals surface area (Å²) in [6.45, 7) is 0.106. The number of halogens is 4. The lowest BCUT2D eigenvalue weighted by Crippen LogP contribution is -2.31. The second-order valence-corrected chi connectivity index (χ2v) is 13.2. The molecule has 1 saturated heterocycles. The van der Waals surface area contributed by atoms with Crippen LogP contribution in [0.25, 0.3) is 10.9 Å². The molecular formula is C30H26F4N6O5S. The number of nitrogens with zero attached hydrogens (tertiary/aromatic N) is 5. The largest absolute Gasteiger partial charge is 0.489 e. The normalized spacial score (nSPS) is 19.9. The highest BCUT2D eigenvalue weighted by Crippen LogP contribution is 2.39. The van der Waals surface area contributed by atoms with E-state index in [1.807, 2.05) is 11.0 Å². The van der Waals surface area contributed by atoms with Crippen LogP contribution in [0.2, 0.25) is 0 Å². The number of benzene rings is 1. The van der Waals surface area contributed by atoms with Crippen LogP contribution < -0.4 is 24.6 Å². The maximum atomic E-state index is 14.7. The molecule has 1 atom stereocenters. The summed E-state index contributed by atoms with van der Waals surface area (Å²) in [6, 6.07) is 10.4. The molecule has 1 fully saturated rings. The lowest BCUT2D eigenvalue weighted by Gasteiger charge is -2.30. The molecule has 240 valence electrons. The number of amides is 1. The van der Waals surface area contributed by atoms with E-state index < -0.39 is 56.6 Å². The van der Waals surface area contributed by atoms with Gasteiger partial charge in [0, 0.05) is 36.5 Å². The number of carbonyl (C=O) groups excluding carboxylic acids is 1. The number of sulfone groups is 1. The Morgan fingerprint density at radius 2 is 1.87 bits per heavy atom. The molecule has 0 bridgehead atoms. The van der Waals surface area contributed by atoms with E-state index >= 15 is 0 Å². The highest BCUT2D eigenvalue weighted by Gasteiger charge is 2.39. The van der Waals surface area contributed by atoms with E-state index in [4.69, 9.17) is 14.5 Å². The first-order chi connectivity index (χ1) is 22.0. The smallest absolute Gasteiger partial charge is 0.266 e. The minimum atomic E-state index is -4.55. The van der Waals surface area contributed by atoms with Crippen LogP contribution in [-0.2, 0) is 16.4 Å². The summed E-state index contributed by atoms with van der Waals surface area (Å²) in [6.07, 6.45) is 0.866. The number of pyridine rings is 3. The molecule has 3 aliphatic heterocycles. The van der Waals surface area contributed by atoms with Gasteiger partial charge < -0.3 is 24.6 Å². The van der Waals surface area contributed by atoms with E-state index in [1.54, 1.807) is 30.5 Å². The number of nitrogens with one attached hydrogen (secondary N) is 1. The highest BCUT2D eigenvalue weighted by molar-refractivity contribution is 7.92. The van der Waals surface area contributed by atoms with E-state index in [1.165, 1.54) is 4.90 Å². The van der Waals surface area contributed by atoms with Crippen molar-refractivity contribution in [3.63, 3.8) is 0 Å². The van der Waals surface area contributed by atoms with Crippen LogP contribution in [0, 0.1) is 5.82 Å². The molecule has 46 heavy (non-hydrogen) atoms. The van der Waals surface area contributed by atoms with Crippen LogP contribution in [0.5, 0.6) is 11.5 Å². The number of hydrogen-bond donors (Lipinski definition) is 1. The average molecular weight is 659 g/mol. The topological polar surface area (TPSA) is 127 Å². The average Bonchev–Trinajstić information content (AvgIpc) is 3.36. The molecule has 0 spiro atoms. The van der Waals surface area contributed by atoms with Crippen LogP contribution in [-0.4, -0.2) is 73.6 Å². The number of anilines is 3. The minimum absolute atomic E-state index is 0.111. The number of carbonyl (C=O) groups is 1. The number of rotatable bonds is 5. The Labute approximate surface area is 260 Å². The summed E-state index contributed by atoms with van der Waals surface area (Å²) in [5.74, 6) is -3.38. The fraction of sp³-hybridized carbons (Fsp3) is 0.333. The van der Waals surface area contributed by atoms with Gasteiger partial charge in [0.1, 0.15) is 23.1 Å². The molecule has 3 aliphatic rings. The molecule has 1 amide bonds. The van der Waals surface area contributed by atoms with Crippen molar-refractivity contribution in [1.29, 1.82) is 0 Å². The summed E-state index contributed by atoms with van der Waals surface area (Å²) in [5.41, 5.74) is -1.67. The predicted molar refractivity (Wildman–Crippen MR) is 158 cm³/mol. The Balaban J connectivity index is 1.12. The number of ether oxygens (including phenoxy) is 2. The number of fused-ring (bicyclic) bond motifs is 3. The van der Waals surface area contributed by atoms with Gasteiger partial charge in [-0.05, 0) is 42.5 Å². The van der Waals surface area contributed by atoms with Crippen LogP contribution in [0.15, 0.2) is 53.6 Å². The number of aromatic nitrogens is 3. The fourth-order valence-corrected chi connectivity index (χ4v) is 6.97. The monoisotopic (exact) mass is 658 g/mol. The van der Waals surface area contributed by atoms with Gasteiger partial charge in [0.05, 0.1) is 37.5 Å². The molecule has 7 rings (SSSR count). The molecule has 6 heterocycles. The molecule has 4 aromatic rings. The van der Waals surface area contributed by atoms with Gasteiger partial charge in [-0.3, -0.25) is 9.78 Å². The Morgan fingerprint density at radius 3 is 2.67 bits per heavy atom. The van der Waals surface area contributed by atoms with Gasteiger partial charge in [0.25, 0.3) is 11.8 Å². The third-order valence-corrected chi connectivity index (χ3v) is 9.80. The second kappa shape index (κ2) is 11.3. The van der Waals surface area contributed by atoms with Crippen molar-refractivity contribution in [2.24, 2.45) is 0 Å². The second-order valence-electron chi connectivity index (χ2n) is 11.1. The lowest BCUT2D eigenvalue weighted by atomic mass is 10.2. The van der Waals surface area contributed by atoms with Gasteiger partial charge in [-0.25, -0.2) is 35.9 Å².